The molecule has 1 nitrogen and oxygen atoms in total. The largest absolute Gasteiger partial charge is 0.383 e. The van der Waals surface area contributed by atoms with E-state index in [1.54, 1.807) is 18.2 Å². The quantitative estimate of drug-likeness (QED) is 0.863. The molecule has 16 heavy (non-hydrogen) atoms. The van der Waals surface area contributed by atoms with Gasteiger partial charge in [0.25, 0.3) is 0 Å². The van der Waals surface area contributed by atoms with Crippen LogP contribution in [0.3, 0.4) is 0 Å². The Kier molecular flexibility index (Phi) is 3.28. The van der Waals surface area contributed by atoms with Crippen molar-refractivity contribution in [2.75, 3.05) is 0 Å². The number of hydrogen-bond donors (Lipinski definition) is 1. The second kappa shape index (κ2) is 4.53. The minimum atomic E-state index is -0.993. The van der Waals surface area contributed by atoms with Gasteiger partial charge < -0.3 is 5.11 Å². The van der Waals surface area contributed by atoms with Crippen molar-refractivity contribution in [2.24, 2.45) is 0 Å². The lowest BCUT2D eigenvalue weighted by atomic mass is 10.1. The van der Waals surface area contributed by atoms with E-state index in [1.807, 2.05) is 12.3 Å². The van der Waals surface area contributed by atoms with Gasteiger partial charge in [-0.1, -0.05) is 29.8 Å². The number of benzene rings is 1. The summed E-state index contributed by atoms with van der Waals surface area (Å²) < 4.78 is 13.5. The Morgan fingerprint density at radius 3 is 2.62 bits per heavy atom. The van der Waals surface area contributed by atoms with Gasteiger partial charge in [-0.15, -0.1) is 11.3 Å². The standard InChI is InChI=1S/C12H10ClFOS/c1-7-6-16-12(10(7)13)11(15)8-4-2-3-5-9(8)14/h2-6,11,15H,1H3. The fraction of sp³-hybridized carbons (Fsp3) is 0.167. The van der Waals surface area contributed by atoms with E-state index >= 15 is 0 Å². The Morgan fingerprint density at radius 1 is 1.38 bits per heavy atom. The van der Waals surface area contributed by atoms with Crippen molar-refractivity contribution in [2.45, 2.75) is 13.0 Å². The highest BCUT2D eigenvalue weighted by Crippen LogP contribution is 2.36. The van der Waals surface area contributed by atoms with E-state index in [1.165, 1.54) is 17.4 Å². The average Bonchev–Trinajstić information content (AvgIpc) is 2.60. The predicted octanol–water partition coefficient (Wildman–Crippen LogP) is 3.93. The smallest absolute Gasteiger partial charge is 0.129 e. The molecule has 1 unspecified atom stereocenters. The van der Waals surface area contributed by atoms with Crippen LogP contribution in [0.4, 0.5) is 4.39 Å². The van der Waals surface area contributed by atoms with Gasteiger partial charge in [0, 0.05) is 5.56 Å². The number of aliphatic hydroxyl groups excluding tert-OH is 1. The zero-order valence-corrected chi connectivity index (χ0v) is 10.1. The van der Waals surface area contributed by atoms with Gasteiger partial charge in [0.1, 0.15) is 11.9 Å². The van der Waals surface area contributed by atoms with Gasteiger partial charge in [-0.2, -0.15) is 0 Å². The number of aryl methyl sites for hydroxylation is 1. The summed E-state index contributed by atoms with van der Waals surface area (Å²) in [6, 6.07) is 6.17. The summed E-state index contributed by atoms with van der Waals surface area (Å²) in [6.07, 6.45) is -0.993. The van der Waals surface area contributed by atoms with Crippen molar-refractivity contribution in [3.05, 3.63) is 56.5 Å². The number of aliphatic hydroxyl groups is 1. The molecule has 1 heterocycles. The van der Waals surface area contributed by atoms with Crippen LogP contribution in [0.15, 0.2) is 29.6 Å². The third-order valence-electron chi connectivity index (χ3n) is 2.37. The normalized spacial score (nSPS) is 12.8. The molecule has 4 heteroatoms. The highest BCUT2D eigenvalue weighted by molar-refractivity contribution is 7.10. The molecule has 1 N–H and O–H groups in total. The first kappa shape index (κ1) is 11.6. The van der Waals surface area contributed by atoms with Crippen LogP contribution in [0.2, 0.25) is 5.02 Å². The number of hydrogen-bond acceptors (Lipinski definition) is 2. The van der Waals surface area contributed by atoms with E-state index in [2.05, 4.69) is 0 Å². The molecule has 1 aromatic carbocycles. The number of halogens is 2. The average molecular weight is 257 g/mol. The van der Waals surface area contributed by atoms with Gasteiger partial charge in [0.05, 0.1) is 9.90 Å². The van der Waals surface area contributed by atoms with Crippen LogP contribution >= 0.6 is 22.9 Å². The van der Waals surface area contributed by atoms with E-state index in [0.717, 1.165) is 5.56 Å². The van der Waals surface area contributed by atoms with Gasteiger partial charge in [-0.05, 0) is 23.9 Å². The van der Waals surface area contributed by atoms with Crippen molar-refractivity contribution in [1.82, 2.24) is 0 Å². The van der Waals surface area contributed by atoms with Crippen LogP contribution in [-0.4, -0.2) is 5.11 Å². The molecule has 0 saturated heterocycles. The topological polar surface area (TPSA) is 20.2 Å². The predicted molar refractivity (Wildman–Crippen MR) is 64.5 cm³/mol. The van der Waals surface area contributed by atoms with Crippen LogP contribution in [0.5, 0.6) is 0 Å². The minimum Gasteiger partial charge on any atom is -0.383 e. The van der Waals surface area contributed by atoms with E-state index in [9.17, 15) is 9.50 Å². The minimum absolute atomic E-state index is 0.256. The van der Waals surface area contributed by atoms with Crippen LogP contribution in [0.1, 0.15) is 22.1 Å². The molecule has 0 fully saturated rings. The molecule has 2 rings (SSSR count). The number of rotatable bonds is 2. The Bertz CT molecular complexity index is 509. The molecule has 0 saturated carbocycles. The maximum atomic E-state index is 13.5. The summed E-state index contributed by atoms with van der Waals surface area (Å²) in [5.41, 5.74) is 1.16. The molecule has 0 bridgehead atoms. The number of thiophene rings is 1. The van der Waals surface area contributed by atoms with Gasteiger partial charge in [0.2, 0.25) is 0 Å². The third-order valence-corrected chi connectivity index (χ3v) is 4.14. The van der Waals surface area contributed by atoms with Crippen molar-refractivity contribution in [3.8, 4) is 0 Å². The van der Waals surface area contributed by atoms with Crippen molar-refractivity contribution in [3.63, 3.8) is 0 Å². The van der Waals surface area contributed by atoms with E-state index < -0.39 is 11.9 Å². The molecule has 0 amide bonds. The lowest BCUT2D eigenvalue weighted by Gasteiger charge is -2.10. The van der Waals surface area contributed by atoms with Crippen LogP contribution in [-0.2, 0) is 0 Å². The van der Waals surface area contributed by atoms with Crippen molar-refractivity contribution in [1.29, 1.82) is 0 Å². The van der Waals surface area contributed by atoms with Gasteiger partial charge in [0.15, 0.2) is 0 Å². The fourth-order valence-electron chi connectivity index (χ4n) is 1.47. The Hall–Kier alpha value is -0.900. The second-order valence-corrected chi connectivity index (χ2v) is 4.81. The zero-order valence-electron chi connectivity index (χ0n) is 8.58. The van der Waals surface area contributed by atoms with Crippen LogP contribution in [0.25, 0.3) is 0 Å². The molecule has 2 aromatic rings. The monoisotopic (exact) mass is 256 g/mol. The fourth-order valence-corrected chi connectivity index (χ4v) is 2.77. The third kappa shape index (κ3) is 1.98. The Balaban J connectivity index is 2.43. The lowest BCUT2D eigenvalue weighted by Crippen LogP contribution is -2.00. The first-order valence-electron chi connectivity index (χ1n) is 4.77. The van der Waals surface area contributed by atoms with Gasteiger partial charge >= 0.3 is 0 Å². The Morgan fingerprint density at radius 2 is 2.06 bits per heavy atom. The summed E-state index contributed by atoms with van der Waals surface area (Å²) in [5, 5.41) is 12.4. The molecule has 0 aliphatic carbocycles. The maximum Gasteiger partial charge on any atom is 0.129 e. The molecule has 1 aromatic heterocycles. The molecule has 0 aliphatic rings. The van der Waals surface area contributed by atoms with E-state index in [0.29, 0.717) is 9.90 Å². The molecular formula is C12H10ClFOS. The maximum absolute atomic E-state index is 13.5. The van der Waals surface area contributed by atoms with Gasteiger partial charge in [-0.25, -0.2) is 4.39 Å². The molecule has 84 valence electrons. The zero-order chi connectivity index (χ0) is 11.7. The summed E-state index contributed by atoms with van der Waals surface area (Å²) in [6.45, 7) is 1.86. The molecule has 0 spiro atoms. The first-order chi connectivity index (χ1) is 7.61. The summed E-state index contributed by atoms with van der Waals surface area (Å²) in [7, 11) is 0. The van der Waals surface area contributed by atoms with Crippen molar-refractivity contribution < 1.29 is 9.50 Å². The second-order valence-electron chi connectivity index (χ2n) is 3.52. The molecule has 0 aliphatic heterocycles. The summed E-state index contributed by atoms with van der Waals surface area (Å²) in [4.78, 5) is 0.587. The van der Waals surface area contributed by atoms with E-state index in [-0.39, 0.29) is 5.56 Å². The highest BCUT2D eigenvalue weighted by atomic mass is 35.5. The van der Waals surface area contributed by atoms with Crippen LogP contribution < -0.4 is 0 Å². The van der Waals surface area contributed by atoms with Gasteiger partial charge in [-0.3, -0.25) is 0 Å². The summed E-state index contributed by atoms with van der Waals surface area (Å²) >= 11 is 7.37. The van der Waals surface area contributed by atoms with Crippen LogP contribution in [0, 0.1) is 12.7 Å². The molecule has 1 atom stereocenters. The molecular weight excluding hydrogens is 247 g/mol. The first-order valence-corrected chi connectivity index (χ1v) is 6.03. The summed E-state index contributed by atoms with van der Waals surface area (Å²) in [5.74, 6) is -0.419. The van der Waals surface area contributed by atoms with Crippen molar-refractivity contribution >= 4 is 22.9 Å². The highest BCUT2D eigenvalue weighted by Gasteiger charge is 2.19. The SMILES string of the molecule is Cc1csc(C(O)c2ccccc2F)c1Cl. The molecule has 0 radical (unpaired) electrons. The van der Waals surface area contributed by atoms with E-state index in [4.69, 9.17) is 11.6 Å². The Labute approximate surface area is 102 Å². The lowest BCUT2D eigenvalue weighted by molar-refractivity contribution is 0.219.